The zero-order valence-electron chi connectivity index (χ0n) is 7.91. The highest BCUT2D eigenvalue weighted by Gasteiger charge is 2.11. The van der Waals surface area contributed by atoms with E-state index in [1.165, 1.54) is 7.11 Å². The Hall–Kier alpha value is -1.29. The first-order valence-electron chi connectivity index (χ1n) is 4.14. The van der Waals surface area contributed by atoms with Crippen molar-refractivity contribution in [1.82, 2.24) is 4.57 Å². The smallest absolute Gasteiger partial charge is 0.339 e. The molecule has 4 heteroatoms. The highest BCUT2D eigenvalue weighted by Crippen LogP contribution is 2.10. The third-order valence-electron chi connectivity index (χ3n) is 2.02. The second-order valence-corrected chi connectivity index (χ2v) is 2.79. The Kier molecular flexibility index (Phi) is 3.08. The predicted molar refractivity (Wildman–Crippen MR) is 49.6 cm³/mol. The number of nitrogens with zero attached hydrogens (tertiary/aromatic N) is 1. The summed E-state index contributed by atoms with van der Waals surface area (Å²) in [6, 6.07) is 1.75. The minimum Gasteiger partial charge on any atom is -0.465 e. The molecular formula is C9H14N2O2. The zero-order valence-corrected chi connectivity index (χ0v) is 7.91. The second kappa shape index (κ2) is 4.09. The van der Waals surface area contributed by atoms with Gasteiger partial charge in [-0.2, -0.15) is 0 Å². The summed E-state index contributed by atoms with van der Waals surface area (Å²) in [6.45, 7) is 3.17. The van der Waals surface area contributed by atoms with Gasteiger partial charge >= 0.3 is 5.97 Å². The van der Waals surface area contributed by atoms with E-state index in [1.807, 2.05) is 17.7 Å². The van der Waals surface area contributed by atoms with Crippen molar-refractivity contribution in [2.75, 3.05) is 13.7 Å². The molecule has 1 rings (SSSR count). The second-order valence-electron chi connectivity index (χ2n) is 2.79. The largest absolute Gasteiger partial charge is 0.465 e. The number of rotatable bonds is 3. The molecule has 1 heterocycles. The van der Waals surface area contributed by atoms with Crippen LogP contribution in [0.5, 0.6) is 0 Å². The molecule has 4 nitrogen and oxygen atoms in total. The molecule has 1 aromatic heterocycles. The quantitative estimate of drug-likeness (QED) is 0.694. The monoisotopic (exact) mass is 182 g/mol. The molecule has 0 fully saturated rings. The normalized spacial score (nSPS) is 10.1. The summed E-state index contributed by atoms with van der Waals surface area (Å²) < 4.78 is 6.56. The Bertz CT molecular complexity index is 305. The summed E-state index contributed by atoms with van der Waals surface area (Å²) in [5.41, 5.74) is 6.92. The van der Waals surface area contributed by atoms with Gasteiger partial charge in [-0.15, -0.1) is 0 Å². The van der Waals surface area contributed by atoms with E-state index in [-0.39, 0.29) is 5.97 Å². The zero-order chi connectivity index (χ0) is 9.84. The van der Waals surface area contributed by atoms with Gasteiger partial charge in [-0.3, -0.25) is 0 Å². The van der Waals surface area contributed by atoms with Crippen molar-refractivity contribution in [3.63, 3.8) is 0 Å². The van der Waals surface area contributed by atoms with Crippen LogP contribution < -0.4 is 5.73 Å². The van der Waals surface area contributed by atoms with Gasteiger partial charge in [0.15, 0.2) is 0 Å². The van der Waals surface area contributed by atoms with Gasteiger partial charge in [-0.25, -0.2) is 4.79 Å². The maximum absolute atomic E-state index is 11.2. The van der Waals surface area contributed by atoms with Crippen LogP contribution in [0, 0.1) is 6.92 Å². The summed E-state index contributed by atoms with van der Waals surface area (Å²) in [6.07, 6.45) is 1.84. The van der Waals surface area contributed by atoms with Crippen LogP contribution in [0.15, 0.2) is 12.3 Å². The Labute approximate surface area is 77.3 Å². The van der Waals surface area contributed by atoms with Crippen LogP contribution in [0.4, 0.5) is 0 Å². The summed E-state index contributed by atoms with van der Waals surface area (Å²) in [5, 5.41) is 0. The predicted octanol–water partition coefficient (Wildman–Crippen LogP) is 0.542. The Balaban J connectivity index is 2.92. The van der Waals surface area contributed by atoms with Crippen molar-refractivity contribution in [3.8, 4) is 0 Å². The maximum atomic E-state index is 11.2. The lowest BCUT2D eigenvalue weighted by Crippen LogP contribution is -2.11. The number of carbonyl (C=O) groups is 1. The van der Waals surface area contributed by atoms with Crippen LogP contribution in [0.3, 0.4) is 0 Å². The molecule has 0 unspecified atom stereocenters. The summed E-state index contributed by atoms with van der Waals surface area (Å²) in [7, 11) is 1.38. The molecule has 1 aromatic rings. The van der Waals surface area contributed by atoms with Crippen LogP contribution in [0.1, 0.15) is 16.1 Å². The molecule has 0 aliphatic heterocycles. The summed E-state index contributed by atoms with van der Waals surface area (Å²) in [4.78, 5) is 11.2. The number of ether oxygens (including phenoxy) is 1. The molecule has 0 radical (unpaired) electrons. The number of nitrogens with two attached hydrogens (primary N) is 1. The van der Waals surface area contributed by atoms with E-state index in [0.29, 0.717) is 12.1 Å². The molecule has 0 atom stereocenters. The van der Waals surface area contributed by atoms with Crippen LogP contribution >= 0.6 is 0 Å². The topological polar surface area (TPSA) is 57.2 Å². The molecule has 0 aliphatic rings. The van der Waals surface area contributed by atoms with Gasteiger partial charge in [0.25, 0.3) is 0 Å². The van der Waals surface area contributed by atoms with Gasteiger partial charge in [0.1, 0.15) is 0 Å². The molecule has 0 spiro atoms. The van der Waals surface area contributed by atoms with Gasteiger partial charge in [-0.1, -0.05) is 0 Å². The van der Waals surface area contributed by atoms with Crippen LogP contribution in [0.25, 0.3) is 0 Å². The molecule has 0 aliphatic carbocycles. The first-order valence-corrected chi connectivity index (χ1v) is 4.14. The fraction of sp³-hybridized carbons (Fsp3) is 0.444. The lowest BCUT2D eigenvalue weighted by atomic mass is 10.2. The maximum Gasteiger partial charge on any atom is 0.339 e. The van der Waals surface area contributed by atoms with Crippen LogP contribution in [0.2, 0.25) is 0 Å². The highest BCUT2D eigenvalue weighted by atomic mass is 16.5. The van der Waals surface area contributed by atoms with Crippen LogP contribution in [-0.4, -0.2) is 24.2 Å². The van der Waals surface area contributed by atoms with E-state index >= 15 is 0 Å². The van der Waals surface area contributed by atoms with Crippen molar-refractivity contribution in [2.45, 2.75) is 13.5 Å². The Morgan fingerprint density at radius 2 is 2.38 bits per heavy atom. The molecule has 2 N–H and O–H groups in total. The molecule has 13 heavy (non-hydrogen) atoms. The Morgan fingerprint density at radius 3 is 2.92 bits per heavy atom. The average molecular weight is 182 g/mol. The lowest BCUT2D eigenvalue weighted by molar-refractivity contribution is 0.0600. The molecule has 0 saturated carbocycles. The van der Waals surface area contributed by atoms with Crippen LogP contribution in [-0.2, 0) is 11.3 Å². The number of hydrogen-bond acceptors (Lipinski definition) is 3. The summed E-state index contributed by atoms with van der Waals surface area (Å²) in [5.74, 6) is -0.298. The van der Waals surface area contributed by atoms with E-state index in [2.05, 4.69) is 4.74 Å². The van der Waals surface area contributed by atoms with Crippen molar-refractivity contribution in [3.05, 3.63) is 23.5 Å². The number of esters is 1. The molecule has 0 bridgehead atoms. The molecular weight excluding hydrogens is 168 g/mol. The Morgan fingerprint density at radius 1 is 1.69 bits per heavy atom. The van der Waals surface area contributed by atoms with Crippen molar-refractivity contribution in [1.29, 1.82) is 0 Å². The van der Waals surface area contributed by atoms with Gasteiger partial charge < -0.3 is 15.0 Å². The third-order valence-corrected chi connectivity index (χ3v) is 2.02. The fourth-order valence-electron chi connectivity index (χ4n) is 1.26. The van der Waals surface area contributed by atoms with E-state index in [4.69, 9.17) is 5.73 Å². The van der Waals surface area contributed by atoms with Gasteiger partial charge in [0, 0.05) is 25.0 Å². The first kappa shape index (κ1) is 9.80. The van der Waals surface area contributed by atoms with Crippen molar-refractivity contribution >= 4 is 5.97 Å². The van der Waals surface area contributed by atoms with E-state index in [1.54, 1.807) is 6.07 Å². The van der Waals surface area contributed by atoms with Crippen molar-refractivity contribution < 1.29 is 9.53 Å². The summed E-state index contributed by atoms with van der Waals surface area (Å²) >= 11 is 0. The fourth-order valence-corrected chi connectivity index (χ4v) is 1.26. The highest BCUT2D eigenvalue weighted by molar-refractivity contribution is 5.90. The number of methoxy groups -OCH3 is 1. The number of hydrogen-bond donors (Lipinski definition) is 1. The SMILES string of the molecule is COC(=O)c1ccn(CCN)c1C. The third kappa shape index (κ3) is 1.89. The van der Waals surface area contributed by atoms with Gasteiger partial charge in [-0.05, 0) is 13.0 Å². The van der Waals surface area contributed by atoms with Gasteiger partial charge in [0.05, 0.1) is 12.7 Å². The minimum atomic E-state index is -0.298. The van der Waals surface area contributed by atoms with Gasteiger partial charge in [0.2, 0.25) is 0 Å². The number of aromatic nitrogens is 1. The molecule has 0 amide bonds. The van der Waals surface area contributed by atoms with Crippen molar-refractivity contribution in [2.24, 2.45) is 5.73 Å². The average Bonchev–Trinajstić information content (AvgIpc) is 2.48. The van der Waals surface area contributed by atoms with E-state index < -0.39 is 0 Å². The molecule has 0 saturated heterocycles. The van der Waals surface area contributed by atoms with E-state index in [0.717, 1.165) is 12.2 Å². The van der Waals surface area contributed by atoms with E-state index in [9.17, 15) is 4.79 Å². The minimum absolute atomic E-state index is 0.298. The number of carbonyl (C=O) groups excluding carboxylic acids is 1. The molecule has 72 valence electrons. The first-order chi connectivity index (χ1) is 6.20. The lowest BCUT2D eigenvalue weighted by Gasteiger charge is -2.04. The standard InChI is InChI=1S/C9H14N2O2/c1-7-8(9(12)13-2)3-5-11(7)6-4-10/h3,5H,4,6,10H2,1-2H3. The molecule has 0 aromatic carbocycles.